The molecule has 0 atom stereocenters. The fourth-order valence-corrected chi connectivity index (χ4v) is 2.45. The highest BCUT2D eigenvalue weighted by Gasteiger charge is 2.29. The van der Waals surface area contributed by atoms with Crippen molar-refractivity contribution in [2.24, 2.45) is 0 Å². The quantitative estimate of drug-likeness (QED) is 0.862. The Hall–Kier alpha value is -2.24. The number of nitrogens with zero attached hydrogens (tertiary/aromatic N) is 3. The molecule has 0 aliphatic heterocycles. The third-order valence-electron chi connectivity index (χ3n) is 2.25. The molecule has 0 saturated carbocycles. The predicted molar refractivity (Wildman–Crippen MR) is 63.2 cm³/mol. The summed E-state index contributed by atoms with van der Waals surface area (Å²) in [6.07, 6.45) is -3.90. The summed E-state index contributed by atoms with van der Waals surface area (Å²) in [5, 5.41) is 3.26. The molecule has 0 spiro atoms. The average Bonchev–Trinajstić information content (AvgIpc) is 2.71. The topological polar surface area (TPSA) is 76.9 Å². The SMILES string of the molecule is O=S(=O)(Nc1ncn(CC(F)(F)F)n1)c1cc(F)cc(F)c1. The zero-order valence-electron chi connectivity index (χ0n) is 10.5. The first-order chi connectivity index (χ1) is 10.0. The van der Waals surface area contributed by atoms with Crippen molar-refractivity contribution in [3.05, 3.63) is 36.2 Å². The maximum Gasteiger partial charge on any atom is 0.408 e. The van der Waals surface area contributed by atoms with Crippen LogP contribution in [0, 0.1) is 11.6 Å². The van der Waals surface area contributed by atoms with E-state index in [0.717, 1.165) is 0 Å². The number of benzene rings is 1. The molecule has 1 heterocycles. The van der Waals surface area contributed by atoms with E-state index in [-0.39, 0.29) is 0 Å². The van der Waals surface area contributed by atoms with Crippen molar-refractivity contribution in [3.63, 3.8) is 0 Å². The van der Waals surface area contributed by atoms with Crippen molar-refractivity contribution in [1.82, 2.24) is 14.8 Å². The number of rotatable bonds is 4. The second-order valence-corrected chi connectivity index (χ2v) is 5.77. The maximum atomic E-state index is 13.0. The number of alkyl halides is 3. The minimum atomic E-state index is -4.56. The van der Waals surface area contributed by atoms with E-state index >= 15 is 0 Å². The normalized spacial score (nSPS) is 12.4. The van der Waals surface area contributed by atoms with Crippen LogP contribution in [-0.4, -0.2) is 29.4 Å². The zero-order chi connectivity index (χ0) is 16.5. The van der Waals surface area contributed by atoms with Gasteiger partial charge in [-0.2, -0.15) is 18.2 Å². The van der Waals surface area contributed by atoms with Gasteiger partial charge in [0.05, 0.1) is 4.90 Å². The maximum absolute atomic E-state index is 13.0. The molecule has 2 aromatic rings. The van der Waals surface area contributed by atoms with Crippen LogP contribution in [0.4, 0.5) is 27.9 Å². The van der Waals surface area contributed by atoms with Gasteiger partial charge in [0.2, 0.25) is 0 Å². The lowest BCUT2D eigenvalue weighted by molar-refractivity contribution is -0.142. The Labute approximate surface area is 120 Å². The lowest BCUT2D eigenvalue weighted by Crippen LogP contribution is -2.19. The van der Waals surface area contributed by atoms with Crippen LogP contribution in [0.2, 0.25) is 0 Å². The number of halogens is 5. The highest BCUT2D eigenvalue weighted by atomic mass is 32.2. The highest BCUT2D eigenvalue weighted by Crippen LogP contribution is 2.18. The summed E-state index contributed by atoms with van der Waals surface area (Å²) in [6.45, 7) is -1.46. The van der Waals surface area contributed by atoms with Crippen LogP contribution in [0.1, 0.15) is 0 Å². The van der Waals surface area contributed by atoms with Gasteiger partial charge in [0.1, 0.15) is 24.5 Å². The molecule has 1 aromatic carbocycles. The molecule has 1 aromatic heterocycles. The number of hydrogen-bond donors (Lipinski definition) is 1. The summed E-state index contributed by atoms with van der Waals surface area (Å²) in [5.74, 6) is -2.92. The molecule has 12 heteroatoms. The molecule has 22 heavy (non-hydrogen) atoms. The molecular weight excluding hydrogens is 335 g/mol. The van der Waals surface area contributed by atoms with Crippen molar-refractivity contribution in [2.45, 2.75) is 17.6 Å². The van der Waals surface area contributed by atoms with E-state index in [1.165, 1.54) is 0 Å². The van der Waals surface area contributed by atoms with Crippen LogP contribution in [0.25, 0.3) is 0 Å². The lowest BCUT2D eigenvalue weighted by atomic mass is 10.3. The summed E-state index contributed by atoms with van der Waals surface area (Å²) in [6, 6.07) is 1.55. The van der Waals surface area contributed by atoms with Crippen LogP contribution >= 0.6 is 0 Å². The molecule has 0 unspecified atom stereocenters. The van der Waals surface area contributed by atoms with E-state index in [1.54, 1.807) is 4.72 Å². The number of sulfonamides is 1. The summed E-state index contributed by atoms with van der Waals surface area (Å²) >= 11 is 0. The van der Waals surface area contributed by atoms with E-state index in [4.69, 9.17) is 0 Å². The second kappa shape index (κ2) is 5.51. The molecule has 2 rings (SSSR count). The molecule has 0 aliphatic carbocycles. The van der Waals surface area contributed by atoms with Crippen molar-refractivity contribution in [1.29, 1.82) is 0 Å². The van der Waals surface area contributed by atoms with Crippen LogP contribution < -0.4 is 4.72 Å². The Morgan fingerprint density at radius 1 is 1.14 bits per heavy atom. The smallest absolute Gasteiger partial charge is 0.246 e. The number of nitrogens with one attached hydrogen (secondary N) is 1. The van der Waals surface area contributed by atoms with Crippen molar-refractivity contribution in [2.75, 3.05) is 4.72 Å². The van der Waals surface area contributed by atoms with E-state index in [9.17, 15) is 30.4 Å². The first-order valence-electron chi connectivity index (χ1n) is 5.50. The van der Waals surface area contributed by atoms with Gasteiger partial charge >= 0.3 is 6.18 Å². The monoisotopic (exact) mass is 342 g/mol. The van der Waals surface area contributed by atoms with Crippen molar-refractivity contribution >= 4 is 16.0 Å². The third kappa shape index (κ3) is 4.13. The Kier molecular flexibility index (Phi) is 4.04. The van der Waals surface area contributed by atoms with Crippen molar-refractivity contribution < 1.29 is 30.4 Å². The molecular formula is C10H7F5N4O2S. The Morgan fingerprint density at radius 3 is 2.27 bits per heavy atom. The van der Waals surface area contributed by atoms with E-state index < -0.39 is 45.2 Å². The van der Waals surface area contributed by atoms with Gasteiger partial charge in [0.15, 0.2) is 0 Å². The molecule has 120 valence electrons. The second-order valence-electron chi connectivity index (χ2n) is 4.09. The summed E-state index contributed by atoms with van der Waals surface area (Å²) in [5.41, 5.74) is 0. The van der Waals surface area contributed by atoms with Gasteiger partial charge in [-0.1, -0.05) is 0 Å². The average molecular weight is 342 g/mol. The van der Waals surface area contributed by atoms with Crippen LogP contribution in [0.3, 0.4) is 0 Å². The number of anilines is 1. The molecule has 0 radical (unpaired) electrons. The summed E-state index contributed by atoms with van der Waals surface area (Å²) in [7, 11) is -4.44. The molecule has 1 N–H and O–H groups in total. The molecule has 0 saturated heterocycles. The van der Waals surface area contributed by atoms with Crippen LogP contribution in [0.5, 0.6) is 0 Å². The van der Waals surface area contributed by atoms with Crippen LogP contribution in [-0.2, 0) is 16.6 Å². The molecule has 6 nitrogen and oxygen atoms in total. The summed E-state index contributed by atoms with van der Waals surface area (Å²) < 4.78 is 88.2. The van der Waals surface area contributed by atoms with Gasteiger partial charge in [-0.05, 0) is 12.1 Å². The molecule has 0 aliphatic rings. The van der Waals surface area contributed by atoms with Crippen molar-refractivity contribution in [3.8, 4) is 0 Å². The Morgan fingerprint density at radius 2 is 1.73 bits per heavy atom. The van der Waals surface area contributed by atoms with Gasteiger partial charge in [-0.3, -0.25) is 0 Å². The molecule has 0 amide bonds. The zero-order valence-corrected chi connectivity index (χ0v) is 11.3. The van der Waals surface area contributed by atoms with Gasteiger partial charge < -0.3 is 0 Å². The number of hydrogen-bond acceptors (Lipinski definition) is 4. The standard InChI is InChI=1S/C10H7F5N4O2S/c11-6-1-7(12)3-8(2-6)22(20,21)18-9-16-5-19(17-9)4-10(13,14)15/h1-3,5H,4H2,(H,17,18). The largest absolute Gasteiger partial charge is 0.408 e. The van der Waals surface area contributed by atoms with Gasteiger partial charge in [0.25, 0.3) is 16.0 Å². The van der Waals surface area contributed by atoms with E-state index in [2.05, 4.69) is 10.1 Å². The van der Waals surface area contributed by atoms with Gasteiger partial charge in [-0.15, -0.1) is 5.10 Å². The van der Waals surface area contributed by atoms with E-state index in [1.807, 2.05) is 0 Å². The third-order valence-corrected chi connectivity index (χ3v) is 3.56. The lowest BCUT2D eigenvalue weighted by Gasteiger charge is -2.06. The highest BCUT2D eigenvalue weighted by molar-refractivity contribution is 7.92. The predicted octanol–water partition coefficient (Wildman–Crippen LogP) is 1.92. The van der Waals surface area contributed by atoms with E-state index in [0.29, 0.717) is 29.2 Å². The first kappa shape index (κ1) is 16.1. The Bertz CT molecular complexity index is 767. The van der Waals surface area contributed by atoms with Crippen LogP contribution in [0.15, 0.2) is 29.4 Å². The molecule has 0 bridgehead atoms. The minimum Gasteiger partial charge on any atom is -0.246 e. The fourth-order valence-electron chi connectivity index (χ4n) is 1.46. The molecule has 0 fully saturated rings. The van der Waals surface area contributed by atoms with Gasteiger partial charge in [0, 0.05) is 6.07 Å². The first-order valence-corrected chi connectivity index (χ1v) is 6.99. The van der Waals surface area contributed by atoms with Gasteiger partial charge in [-0.25, -0.2) is 26.6 Å². The Balaban J connectivity index is 2.22. The fraction of sp³-hybridized carbons (Fsp3) is 0.200. The summed E-state index contributed by atoms with van der Waals surface area (Å²) in [4.78, 5) is 2.58. The minimum absolute atomic E-state index is 0.365. The number of aromatic nitrogens is 3.